The molecule has 18 heavy (non-hydrogen) atoms. The lowest BCUT2D eigenvalue weighted by Gasteiger charge is -2.45. The molecule has 2 rings (SSSR count). The summed E-state index contributed by atoms with van der Waals surface area (Å²) in [6.45, 7) is 6.35. The molecular formula is C14H28N4. The third-order valence-electron chi connectivity index (χ3n) is 4.25. The second kappa shape index (κ2) is 6.41. The zero-order chi connectivity index (χ0) is 13.0. The number of nitrogens with zero attached hydrogens (tertiary/aromatic N) is 2. The fourth-order valence-corrected chi connectivity index (χ4v) is 3.38. The minimum atomic E-state index is 0.584. The standard InChI is InChI=1S/C14H28N4/c1-11(2)10-16-14(17-15)18-9-5-7-12-6-3-4-8-13(12)18/h11-13H,3-10,15H2,1-2H3,(H,16,17). The number of hydrogen-bond donors (Lipinski definition) is 2. The van der Waals surface area contributed by atoms with Crippen molar-refractivity contribution in [2.75, 3.05) is 13.1 Å². The Morgan fingerprint density at radius 3 is 2.72 bits per heavy atom. The fraction of sp³-hybridized carbons (Fsp3) is 0.929. The molecule has 1 aliphatic carbocycles. The van der Waals surface area contributed by atoms with Crippen LogP contribution < -0.4 is 11.3 Å². The Kier molecular flexibility index (Phi) is 4.87. The molecule has 0 radical (unpaired) electrons. The van der Waals surface area contributed by atoms with Crippen LogP contribution in [0, 0.1) is 11.8 Å². The highest BCUT2D eigenvalue weighted by atomic mass is 15.4. The van der Waals surface area contributed by atoms with Gasteiger partial charge in [0.1, 0.15) is 0 Å². The molecule has 2 aliphatic rings. The largest absolute Gasteiger partial charge is 0.339 e. The molecule has 2 fully saturated rings. The molecule has 0 aromatic heterocycles. The second-order valence-corrected chi connectivity index (χ2v) is 6.15. The summed E-state index contributed by atoms with van der Waals surface area (Å²) in [6, 6.07) is 0.675. The molecular weight excluding hydrogens is 224 g/mol. The van der Waals surface area contributed by atoms with Crippen LogP contribution in [0.1, 0.15) is 52.4 Å². The van der Waals surface area contributed by atoms with E-state index in [-0.39, 0.29) is 0 Å². The SMILES string of the molecule is CC(C)CN=C(NN)N1CCCC2CCCCC21. The Hall–Kier alpha value is -0.770. The van der Waals surface area contributed by atoms with Crippen molar-refractivity contribution < 1.29 is 0 Å². The van der Waals surface area contributed by atoms with E-state index in [2.05, 4.69) is 29.2 Å². The monoisotopic (exact) mass is 252 g/mol. The van der Waals surface area contributed by atoms with Crippen molar-refractivity contribution in [1.82, 2.24) is 10.3 Å². The summed E-state index contributed by atoms with van der Waals surface area (Å²) in [5.41, 5.74) is 2.84. The molecule has 1 saturated carbocycles. The minimum absolute atomic E-state index is 0.584. The summed E-state index contributed by atoms with van der Waals surface area (Å²) in [7, 11) is 0. The van der Waals surface area contributed by atoms with Gasteiger partial charge in [-0.3, -0.25) is 10.4 Å². The average Bonchev–Trinajstić information content (AvgIpc) is 2.39. The smallest absolute Gasteiger partial charge is 0.208 e. The summed E-state index contributed by atoms with van der Waals surface area (Å²) < 4.78 is 0. The Morgan fingerprint density at radius 1 is 1.28 bits per heavy atom. The van der Waals surface area contributed by atoms with Crippen LogP contribution in [0.15, 0.2) is 4.99 Å². The van der Waals surface area contributed by atoms with Crippen LogP contribution in [0.5, 0.6) is 0 Å². The number of nitrogens with two attached hydrogens (primary N) is 1. The highest BCUT2D eigenvalue weighted by Crippen LogP contribution is 2.35. The van der Waals surface area contributed by atoms with Gasteiger partial charge in [0.15, 0.2) is 0 Å². The maximum Gasteiger partial charge on any atom is 0.208 e. The van der Waals surface area contributed by atoms with Gasteiger partial charge in [-0.25, -0.2) is 5.84 Å². The Balaban J connectivity index is 2.05. The van der Waals surface area contributed by atoms with Crippen LogP contribution in [0.3, 0.4) is 0 Å². The lowest BCUT2D eigenvalue weighted by Crippen LogP contribution is -2.55. The van der Waals surface area contributed by atoms with Crippen molar-refractivity contribution >= 4 is 5.96 Å². The number of likely N-dealkylation sites (tertiary alicyclic amines) is 1. The van der Waals surface area contributed by atoms with Crippen LogP contribution in [0.4, 0.5) is 0 Å². The Bertz CT molecular complexity index is 286. The maximum atomic E-state index is 5.69. The van der Waals surface area contributed by atoms with Crippen molar-refractivity contribution in [1.29, 1.82) is 0 Å². The topological polar surface area (TPSA) is 53.6 Å². The van der Waals surface area contributed by atoms with Crippen LogP contribution in [-0.2, 0) is 0 Å². The van der Waals surface area contributed by atoms with Crippen LogP contribution >= 0.6 is 0 Å². The molecule has 0 spiro atoms. The highest BCUT2D eigenvalue weighted by molar-refractivity contribution is 5.79. The zero-order valence-corrected chi connectivity index (χ0v) is 11.9. The summed E-state index contributed by atoms with van der Waals surface area (Å²) >= 11 is 0. The molecule has 0 aromatic rings. The van der Waals surface area contributed by atoms with Crippen molar-refractivity contribution in [3.05, 3.63) is 0 Å². The molecule has 2 unspecified atom stereocenters. The molecule has 4 nitrogen and oxygen atoms in total. The van der Waals surface area contributed by atoms with Crippen molar-refractivity contribution in [3.63, 3.8) is 0 Å². The summed E-state index contributed by atoms with van der Waals surface area (Å²) in [4.78, 5) is 7.10. The normalized spacial score (nSPS) is 29.3. The van der Waals surface area contributed by atoms with Gasteiger partial charge < -0.3 is 4.90 Å². The molecule has 4 heteroatoms. The molecule has 0 amide bonds. The quantitative estimate of drug-likeness (QED) is 0.342. The second-order valence-electron chi connectivity index (χ2n) is 6.15. The lowest BCUT2D eigenvalue weighted by molar-refractivity contribution is 0.115. The summed E-state index contributed by atoms with van der Waals surface area (Å²) in [6.07, 6.45) is 8.15. The van der Waals surface area contributed by atoms with Gasteiger partial charge in [-0.05, 0) is 37.5 Å². The van der Waals surface area contributed by atoms with E-state index in [0.29, 0.717) is 12.0 Å². The predicted octanol–water partition coefficient (Wildman–Crippen LogP) is 2.12. The van der Waals surface area contributed by atoms with Crippen LogP contribution in [0.25, 0.3) is 0 Å². The van der Waals surface area contributed by atoms with Crippen molar-refractivity contribution in [3.8, 4) is 0 Å². The number of hydrogen-bond acceptors (Lipinski definition) is 2. The third-order valence-corrected chi connectivity index (χ3v) is 4.25. The highest BCUT2D eigenvalue weighted by Gasteiger charge is 2.34. The van der Waals surface area contributed by atoms with Gasteiger partial charge in [0.05, 0.1) is 0 Å². The van der Waals surface area contributed by atoms with E-state index in [1.165, 1.54) is 38.5 Å². The number of guanidine groups is 1. The van der Waals surface area contributed by atoms with Crippen LogP contribution in [-0.4, -0.2) is 30.0 Å². The summed E-state index contributed by atoms with van der Waals surface area (Å²) in [5.74, 6) is 8.06. The predicted molar refractivity (Wildman–Crippen MR) is 76.1 cm³/mol. The molecule has 104 valence electrons. The van der Waals surface area contributed by atoms with E-state index in [9.17, 15) is 0 Å². The van der Waals surface area contributed by atoms with Gasteiger partial charge in [-0.2, -0.15) is 0 Å². The van der Waals surface area contributed by atoms with E-state index < -0.39 is 0 Å². The van der Waals surface area contributed by atoms with E-state index in [1.807, 2.05) is 0 Å². The maximum absolute atomic E-state index is 5.69. The van der Waals surface area contributed by atoms with Crippen molar-refractivity contribution in [2.45, 2.75) is 58.4 Å². The van der Waals surface area contributed by atoms with Crippen molar-refractivity contribution in [2.24, 2.45) is 22.7 Å². The number of aliphatic imine (C=N–C) groups is 1. The first-order valence-corrected chi connectivity index (χ1v) is 7.50. The zero-order valence-electron chi connectivity index (χ0n) is 11.9. The molecule has 3 N–H and O–H groups in total. The van der Waals surface area contributed by atoms with E-state index in [0.717, 1.165) is 25.0 Å². The van der Waals surface area contributed by atoms with E-state index in [4.69, 9.17) is 5.84 Å². The molecule has 1 aliphatic heterocycles. The van der Waals surface area contributed by atoms with E-state index >= 15 is 0 Å². The number of rotatable bonds is 2. The van der Waals surface area contributed by atoms with Gasteiger partial charge in [0, 0.05) is 19.1 Å². The van der Waals surface area contributed by atoms with Gasteiger partial charge in [0.25, 0.3) is 0 Å². The van der Waals surface area contributed by atoms with Gasteiger partial charge >= 0.3 is 0 Å². The number of piperidine rings is 1. The molecule has 2 atom stereocenters. The van der Waals surface area contributed by atoms with E-state index in [1.54, 1.807) is 0 Å². The van der Waals surface area contributed by atoms with Crippen LogP contribution in [0.2, 0.25) is 0 Å². The number of fused-ring (bicyclic) bond motifs is 1. The Morgan fingerprint density at radius 2 is 2.00 bits per heavy atom. The number of nitrogens with one attached hydrogen (secondary N) is 1. The average molecular weight is 252 g/mol. The molecule has 1 heterocycles. The Labute approximate surface area is 111 Å². The first kappa shape index (κ1) is 13.7. The molecule has 0 aromatic carbocycles. The first-order valence-electron chi connectivity index (χ1n) is 7.50. The van der Waals surface area contributed by atoms with Gasteiger partial charge in [0.2, 0.25) is 5.96 Å². The number of hydrazine groups is 1. The third kappa shape index (κ3) is 3.16. The van der Waals surface area contributed by atoms with Gasteiger partial charge in [-0.15, -0.1) is 0 Å². The lowest BCUT2D eigenvalue weighted by atomic mass is 9.78. The fourth-order valence-electron chi connectivity index (χ4n) is 3.38. The molecule has 0 bridgehead atoms. The minimum Gasteiger partial charge on any atom is -0.339 e. The van der Waals surface area contributed by atoms with Gasteiger partial charge in [-0.1, -0.05) is 26.7 Å². The summed E-state index contributed by atoms with van der Waals surface area (Å²) in [5, 5.41) is 0. The molecule has 1 saturated heterocycles. The first-order chi connectivity index (χ1) is 8.72.